The lowest BCUT2D eigenvalue weighted by atomic mass is 9.65. The summed E-state index contributed by atoms with van der Waals surface area (Å²) in [5, 5.41) is 0. The van der Waals surface area contributed by atoms with E-state index in [9.17, 15) is 0 Å². The van der Waals surface area contributed by atoms with Crippen LogP contribution >= 0.6 is 31.9 Å². The molecule has 0 spiro atoms. The number of aryl methyl sites for hydroxylation is 2. The molecule has 2 heteroatoms. The SMILES string of the molecule is CCCCCCc1cccc(C2(c3cccc(C)c3)C3=C(C=CC(Br)C3)c3ccc(Br)cc32)c1. The van der Waals surface area contributed by atoms with Crippen molar-refractivity contribution in [2.24, 2.45) is 0 Å². The highest BCUT2D eigenvalue weighted by Gasteiger charge is 2.48. The van der Waals surface area contributed by atoms with Crippen LogP contribution < -0.4 is 0 Å². The van der Waals surface area contributed by atoms with Crippen LogP contribution in [0.15, 0.2) is 88.9 Å². The fourth-order valence-electron chi connectivity index (χ4n) is 5.93. The molecule has 0 heterocycles. The summed E-state index contributed by atoms with van der Waals surface area (Å²) < 4.78 is 1.14. The first kappa shape index (κ1) is 23.8. The second-order valence-electron chi connectivity index (χ2n) is 9.79. The molecule has 2 aliphatic carbocycles. The number of rotatable bonds is 7. The van der Waals surface area contributed by atoms with Gasteiger partial charge in [0.15, 0.2) is 0 Å². The van der Waals surface area contributed by atoms with Gasteiger partial charge in [-0.1, -0.05) is 130 Å². The zero-order valence-electron chi connectivity index (χ0n) is 20.1. The lowest BCUT2D eigenvalue weighted by Gasteiger charge is -2.37. The average Bonchev–Trinajstić information content (AvgIpc) is 3.11. The molecule has 0 aromatic heterocycles. The third kappa shape index (κ3) is 4.18. The molecule has 0 radical (unpaired) electrons. The van der Waals surface area contributed by atoms with E-state index in [1.807, 2.05) is 0 Å². The van der Waals surface area contributed by atoms with E-state index < -0.39 is 0 Å². The molecule has 3 aromatic carbocycles. The molecule has 174 valence electrons. The van der Waals surface area contributed by atoms with Gasteiger partial charge in [0.2, 0.25) is 0 Å². The summed E-state index contributed by atoms with van der Waals surface area (Å²) in [6, 6.07) is 25.5. The molecule has 0 saturated heterocycles. The molecule has 0 nitrogen and oxygen atoms in total. The fourth-order valence-corrected chi connectivity index (χ4v) is 6.76. The molecule has 0 bridgehead atoms. The Morgan fingerprint density at radius 2 is 1.71 bits per heavy atom. The van der Waals surface area contributed by atoms with Gasteiger partial charge in [-0.3, -0.25) is 0 Å². The maximum atomic E-state index is 3.93. The highest BCUT2D eigenvalue weighted by Crippen LogP contribution is 2.58. The van der Waals surface area contributed by atoms with Gasteiger partial charge in [0.1, 0.15) is 0 Å². The molecule has 0 fully saturated rings. The molecule has 2 atom stereocenters. The summed E-state index contributed by atoms with van der Waals surface area (Å²) >= 11 is 7.73. The maximum Gasteiger partial charge on any atom is 0.0677 e. The molecule has 0 saturated carbocycles. The molecule has 2 unspecified atom stereocenters. The Morgan fingerprint density at radius 1 is 0.912 bits per heavy atom. The number of alkyl halides is 1. The van der Waals surface area contributed by atoms with E-state index in [0.29, 0.717) is 4.83 Å². The predicted octanol–water partition coefficient (Wildman–Crippen LogP) is 9.71. The Bertz CT molecular complexity index is 1270. The topological polar surface area (TPSA) is 0 Å². The van der Waals surface area contributed by atoms with Gasteiger partial charge in [0.05, 0.1) is 5.41 Å². The number of fused-ring (bicyclic) bond motifs is 2. The lowest BCUT2D eigenvalue weighted by Crippen LogP contribution is -2.31. The molecule has 3 aromatic rings. The summed E-state index contributed by atoms with van der Waals surface area (Å²) in [7, 11) is 0. The summed E-state index contributed by atoms with van der Waals surface area (Å²) in [5.41, 5.74) is 10.9. The first-order valence-electron chi connectivity index (χ1n) is 12.6. The van der Waals surface area contributed by atoms with Crippen molar-refractivity contribution in [3.05, 3.63) is 122 Å². The van der Waals surface area contributed by atoms with Crippen molar-refractivity contribution in [2.75, 3.05) is 0 Å². The van der Waals surface area contributed by atoms with Crippen LogP contribution in [0.2, 0.25) is 0 Å². The Balaban J connectivity index is 1.76. The van der Waals surface area contributed by atoms with Crippen molar-refractivity contribution >= 4 is 37.4 Å². The van der Waals surface area contributed by atoms with Crippen molar-refractivity contribution in [1.29, 1.82) is 0 Å². The number of hydrogen-bond donors (Lipinski definition) is 0. The fraction of sp³-hybridized carbons (Fsp3) is 0.312. The molecular formula is C32H32Br2. The van der Waals surface area contributed by atoms with Gasteiger partial charge in [0.25, 0.3) is 0 Å². The summed E-state index contributed by atoms with van der Waals surface area (Å²) in [5.74, 6) is 0. The minimum absolute atomic E-state index is 0.281. The Hall–Kier alpha value is -1.90. The summed E-state index contributed by atoms with van der Waals surface area (Å²) in [4.78, 5) is 0.352. The quantitative estimate of drug-likeness (QED) is 0.194. The van der Waals surface area contributed by atoms with E-state index in [2.05, 4.69) is 125 Å². The van der Waals surface area contributed by atoms with E-state index >= 15 is 0 Å². The molecule has 5 rings (SSSR count). The third-order valence-corrected chi connectivity index (χ3v) is 8.58. The second kappa shape index (κ2) is 9.99. The van der Waals surface area contributed by atoms with Gasteiger partial charge in [-0.15, -0.1) is 0 Å². The van der Waals surface area contributed by atoms with Crippen LogP contribution in [0.5, 0.6) is 0 Å². The number of unbranched alkanes of at least 4 members (excludes halogenated alkanes) is 3. The van der Waals surface area contributed by atoms with E-state index in [1.165, 1.54) is 70.2 Å². The number of hydrogen-bond acceptors (Lipinski definition) is 0. The van der Waals surface area contributed by atoms with Gasteiger partial charge >= 0.3 is 0 Å². The molecule has 0 aliphatic heterocycles. The van der Waals surface area contributed by atoms with Crippen molar-refractivity contribution in [3.8, 4) is 0 Å². The molecule has 0 N–H and O–H groups in total. The van der Waals surface area contributed by atoms with Crippen LogP contribution in [0.1, 0.15) is 72.4 Å². The van der Waals surface area contributed by atoms with Gasteiger partial charge in [-0.2, -0.15) is 0 Å². The van der Waals surface area contributed by atoms with Gasteiger partial charge in [-0.05, 0) is 77.3 Å². The Kier molecular flexibility index (Phi) is 7.00. The normalized spacial score (nSPS) is 21.0. The van der Waals surface area contributed by atoms with E-state index in [4.69, 9.17) is 0 Å². The van der Waals surface area contributed by atoms with E-state index in [1.54, 1.807) is 0 Å². The largest absolute Gasteiger partial charge is 0.0842 e. The standard InChI is InChI=1S/C32H32Br2/c1-3-4-5-6-10-23-11-8-13-25(19-23)32(24-12-7-9-22(2)18-24)30-20-26(33)14-16-28(30)29-17-15-27(34)21-31(29)32/h7-9,11-20,27H,3-6,10,21H2,1-2H3. The second-order valence-corrected chi connectivity index (χ2v) is 11.9. The van der Waals surface area contributed by atoms with Crippen LogP contribution in [0.4, 0.5) is 0 Å². The van der Waals surface area contributed by atoms with Crippen LogP contribution in [-0.2, 0) is 11.8 Å². The van der Waals surface area contributed by atoms with Crippen molar-refractivity contribution in [2.45, 2.75) is 62.6 Å². The van der Waals surface area contributed by atoms with Gasteiger partial charge in [-0.25, -0.2) is 0 Å². The summed E-state index contributed by atoms with van der Waals surface area (Å²) in [6.07, 6.45) is 12.0. The predicted molar refractivity (Wildman–Crippen MR) is 153 cm³/mol. The zero-order valence-corrected chi connectivity index (χ0v) is 23.3. The zero-order chi connectivity index (χ0) is 23.7. The minimum atomic E-state index is -0.281. The highest BCUT2D eigenvalue weighted by molar-refractivity contribution is 9.10. The molecule has 0 amide bonds. The molecule has 2 aliphatic rings. The first-order valence-corrected chi connectivity index (χ1v) is 14.3. The number of benzene rings is 3. The lowest BCUT2D eigenvalue weighted by molar-refractivity contribution is 0.663. The molecular weight excluding hydrogens is 544 g/mol. The third-order valence-electron chi connectivity index (χ3n) is 7.45. The summed E-state index contributed by atoms with van der Waals surface area (Å²) in [6.45, 7) is 4.49. The van der Waals surface area contributed by atoms with Crippen molar-refractivity contribution < 1.29 is 0 Å². The smallest absolute Gasteiger partial charge is 0.0677 e. The monoisotopic (exact) mass is 574 g/mol. The van der Waals surface area contributed by atoms with Crippen molar-refractivity contribution in [3.63, 3.8) is 0 Å². The van der Waals surface area contributed by atoms with Crippen LogP contribution in [0.3, 0.4) is 0 Å². The van der Waals surface area contributed by atoms with E-state index in [0.717, 1.165) is 17.3 Å². The van der Waals surface area contributed by atoms with Crippen LogP contribution in [0.25, 0.3) is 5.57 Å². The number of halogens is 2. The average molecular weight is 576 g/mol. The van der Waals surface area contributed by atoms with Crippen molar-refractivity contribution in [1.82, 2.24) is 0 Å². The van der Waals surface area contributed by atoms with Crippen LogP contribution in [0, 0.1) is 6.92 Å². The Labute approximate surface area is 221 Å². The number of allylic oxidation sites excluding steroid dienone is 4. The Morgan fingerprint density at radius 3 is 2.50 bits per heavy atom. The van der Waals surface area contributed by atoms with Crippen LogP contribution in [-0.4, -0.2) is 4.83 Å². The minimum Gasteiger partial charge on any atom is -0.0842 e. The van der Waals surface area contributed by atoms with Gasteiger partial charge in [0, 0.05) is 9.30 Å². The maximum absolute atomic E-state index is 3.93. The van der Waals surface area contributed by atoms with E-state index in [-0.39, 0.29) is 5.41 Å². The highest BCUT2D eigenvalue weighted by atomic mass is 79.9. The van der Waals surface area contributed by atoms with Gasteiger partial charge < -0.3 is 0 Å². The first-order chi connectivity index (χ1) is 16.5. The molecule has 34 heavy (non-hydrogen) atoms.